The van der Waals surface area contributed by atoms with Crippen molar-refractivity contribution >= 4 is 0 Å². The van der Waals surface area contributed by atoms with Crippen LogP contribution in [0.3, 0.4) is 0 Å². The lowest BCUT2D eigenvalue weighted by atomic mass is 10.4. The topological polar surface area (TPSA) is 30.2 Å². The fourth-order valence-electron chi connectivity index (χ4n) is 2.46. The first kappa shape index (κ1) is 12.4. The minimum atomic E-state index is 0.126. The highest BCUT2D eigenvalue weighted by Crippen LogP contribution is 2.07. The van der Waals surface area contributed by atoms with Gasteiger partial charge in [-0.1, -0.05) is 0 Å². The molecule has 4 heteroatoms. The number of aryl methyl sites for hydroxylation is 1. The summed E-state index contributed by atoms with van der Waals surface area (Å²) in [6.45, 7) is 8.52. The molecule has 0 spiro atoms. The fourth-order valence-corrected chi connectivity index (χ4v) is 2.46. The van der Waals surface area contributed by atoms with Gasteiger partial charge in [0.15, 0.2) is 0 Å². The van der Waals surface area contributed by atoms with Gasteiger partial charge in [-0.3, -0.25) is 9.13 Å². The van der Waals surface area contributed by atoms with Gasteiger partial charge in [-0.15, -0.1) is 0 Å². The van der Waals surface area contributed by atoms with E-state index in [2.05, 4.69) is 4.90 Å². The second kappa shape index (κ2) is 5.54. The Balaban J connectivity index is 1.84. The summed E-state index contributed by atoms with van der Waals surface area (Å²) in [5.74, 6) is 0. The molecule has 0 amide bonds. The van der Waals surface area contributed by atoms with E-state index in [0.717, 1.165) is 19.5 Å². The molecule has 4 nitrogen and oxygen atoms in total. The van der Waals surface area contributed by atoms with Gasteiger partial charge in [-0.25, -0.2) is 4.79 Å². The molecule has 0 bridgehead atoms. The van der Waals surface area contributed by atoms with Crippen molar-refractivity contribution in [3.63, 3.8) is 0 Å². The summed E-state index contributed by atoms with van der Waals surface area (Å²) in [5, 5.41) is 0. The predicted octanol–water partition coefficient (Wildman–Crippen LogP) is 1.72. The van der Waals surface area contributed by atoms with E-state index in [1.54, 1.807) is 4.57 Å². The van der Waals surface area contributed by atoms with E-state index < -0.39 is 0 Å². The molecular weight excluding hydrogens is 214 g/mol. The Labute approximate surface area is 103 Å². The third kappa shape index (κ3) is 3.00. The molecule has 1 aliphatic heterocycles. The molecule has 17 heavy (non-hydrogen) atoms. The lowest BCUT2D eigenvalue weighted by Crippen LogP contribution is -2.27. The normalized spacial score (nSPS) is 17.1. The standard InChI is InChI=1S/C13H23N3O/c1-12(2)16-11-10-15(13(16)17)9-5-8-14-6-3-4-7-14/h10-12H,3-9H2,1-2H3. The molecule has 0 unspecified atom stereocenters. The molecule has 2 heterocycles. The first-order valence-corrected chi connectivity index (χ1v) is 6.68. The quantitative estimate of drug-likeness (QED) is 0.780. The largest absolute Gasteiger partial charge is 0.328 e. The van der Waals surface area contributed by atoms with Crippen molar-refractivity contribution in [3.05, 3.63) is 22.9 Å². The van der Waals surface area contributed by atoms with E-state index in [-0.39, 0.29) is 11.7 Å². The lowest BCUT2D eigenvalue weighted by Gasteiger charge is -2.13. The monoisotopic (exact) mass is 237 g/mol. The van der Waals surface area contributed by atoms with Crippen molar-refractivity contribution in [2.45, 2.75) is 45.7 Å². The van der Waals surface area contributed by atoms with Crippen molar-refractivity contribution < 1.29 is 0 Å². The maximum Gasteiger partial charge on any atom is 0.328 e. The van der Waals surface area contributed by atoms with Crippen LogP contribution in [0.15, 0.2) is 17.2 Å². The van der Waals surface area contributed by atoms with Gasteiger partial charge in [-0.05, 0) is 52.7 Å². The molecule has 1 aliphatic rings. The summed E-state index contributed by atoms with van der Waals surface area (Å²) < 4.78 is 3.62. The Morgan fingerprint density at radius 1 is 1.18 bits per heavy atom. The molecule has 0 N–H and O–H groups in total. The summed E-state index contributed by atoms with van der Waals surface area (Å²) in [4.78, 5) is 14.4. The summed E-state index contributed by atoms with van der Waals surface area (Å²) in [6, 6.07) is 0.252. The van der Waals surface area contributed by atoms with E-state index in [4.69, 9.17) is 0 Å². The number of aromatic nitrogens is 2. The third-order valence-electron chi connectivity index (χ3n) is 3.50. The lowest BCUT2D eigenvalue weighted by molar-refractivity contribution is 0.324. The van der Waals surface area contributed by atoms with Crippen LogP contribution in [0.1, 0.15) is 39.2 Å². The van der Waals surface area contributed by atoms with E-state index in [1.165, 1.54) is 25.9 Å². The zero-order valence-electron chi connectivity index (χ0n) is 10.9. The van der Waals surface area contributed by atoms with Crippen LogP contribution in [0.5, 0.6) is 0 Å². The van der Waals surface area contributed by atoms with E-state index in [1.807, 2.05) is 30.8 Å². The molecule has 1 aromatic rings. The molecule has 0 atom stereocenters. The van der Waals surface area contributed by atoms with Crippen LogP contribution in [-0.4, -0.2) is 33.7 Å². The molecule has 0 aromatic carbocycles. The Bertz CT molecular complexity index is 399. The number of hydrogen-bond acceptors (Lipinski definition) is 2. The minimum Gasteiger partial charge on any atom is -0.303 e. The van der Waals surface area contributed by atoms with Gasteiger partial charge in [0, 0.05) is 25.0 Å². The van der Waals surface area contributed by atoms with Crippen LogP contribution in [-0.2, 0) is 6.54 Å². The van der Waals surface area contributed by atoms with Gasteiger partial charge in [0.1, 0.15) is 0 Å². The molecule has 2 rings (SSSR count). The average Bonchev–Trinajstić information content (AvgIpc) is 2.89. The van der Waals surface area contributed by atoms with Crippen LogP contribution in [0.25, 0.3) is 0 Å². The number of likely N-dealkylation sites (tertiary alicyclic amines) is 1. The van der Waals surface area contributed by atoms with Crippen LogP contribution < -0.4 is 5.69 Å². The molecule has 1 aromatic heterocycles. The molecule has 1 saturated heterocycles. The number of rotatable bonds is 5. The highest BCUT2D eigenvalue weighted by molar-refractivity contribution is 4.83. The van der Waals surface area contributed by atoms with Crippen LogP contribution in [0.4, 0.5) is 0 Å². The van der Waals surface area contributed by atoms with Gasteiger partial charge >= 0.3 is 5.69 Å². The van der Waals surface area contributed by atoms with Crippen molar-refractivity contribution in [1.29, 1.82) is 0 Å². The second-order valence-corrected chi connectivity index (χ2v) is 5.18. The summed E-state index contributed by atoms with van der Waals surface area (Å²) in [5.41, 5.74) is 0.126. The Morgan fingerprint density at radius 3 is 2.47 bits per heavy atom. The molecule has 0 radical (unpaired) electrons. The van der Waals surface area contributed by atoms with E-state index in [9.17, 15) is 4.79 Å². The predicted molar refractivity (Wildman–Crippen MR) is 69.4 cm³/mol. The second-order valence-electron chi connectivity index (χ2n) is 5.18. The smallest absolute Gasteiger partial charge is 0.303 e. The van der Waals surface area contributed by atoms with Gasteiger partial charge in [0.2, 0.25) is 0 Å². The van der Waals surface area contributed by atoms with Crippen molar-refractivity contribution in [3.8, 4) is 0 Å². The van der Waals surface area contributed by atoms with Gasteiger partial charge < -0.3 is 4.90 Å². The highest BCUT2D eigenvalue weighted by atomic mass is 16.1. The summed E-state index contributed by atoms with van der Waals surface area (Å²) in [7, 11) is 0. The molecule has 1 fully saturated rings. The van der Waals surface area contributed by atoms with Crippen LogP contribution in [0.2, 0.25) is 0 Å². The molecular formula is C13H23N3O. The number of nitrogens with zero attached hydrogens (tertiary/aromatic N) is 3. The first-order chi connectivity index (χ1) is 8.18. The minimum absolute atomic E-state index is 0.126. The first-order valence-electron chi connectivity index (χ1n) is 6.68. The highest BCUT2D eigenvalue weighted by Gasteiger charge is 2.11. The summed E-state index contributed by atoms with van der Waals surface area (Å²) >= 11 is 0. The Morgan fingerprint density at radius 2 is 1.88 bits per heavy atom. The zero-order valence-corrected chi connectivity index (χ0v) is 10.9. The number of imidazole rings is 1. The number of hydrogen-bond donors (Lipinski definition) is 0. The van der Waals surface area contributed by atoms with Crippen LogP contribution >= 0.6 is 0 Å². The van der Waals surface area contributed by atoms with Crippen LogP contribution in [0, 0.1) is 0 Å². The maximum atomic E-state index is 11.9. The molecule has 96 valence electrons. The third-order valence-corrected chi connectivity index (χ3v) is 3.50. The SMILES string of the molecule is CC(C)n1ccn(CCCN2CCCC2)c1=O. The van der Waals surface area contributed by atoms with Crippen molar-refractivity contribution in [1.82, 2.24) is 14.0 Å². The molecule has 0 aliphatic carbocycles. The van der Waals surface area contributed by atoms with Crippen molar-refractivity contribution in [2.24, 2.45) is 0 Å². The van der Waals surface area contributed by atoms with E-state index in [0.29, 0.717) is 0 Å². The molecule has 0 saturated carbocycles. The zero-order chi connectivity index (χ0) is 12.3. The van der Waals surface area contributed by atoms with Gasteiger partial charge in [0.25, 0.3) is 0 Å². The van der Waals surface area contributed by atoms with Gasteiger partial charge in [-0.2, -0.15) is 0 Å². The Hall–Kier alpha value is -1.03. The van der Waals surface area contributed by atoms with Gasteiger partial charge in [0.05, 0.1) is 0 Å². The maximum absolute atomic E-state index is 11.9. The summed E-state index contributed by atoms with van der Waals surface area (Å²) in [6.07, 6.45) is 7.55. The fraction of sp³-hybridized carbons (Fsp3) is 0.769. The Kier molecular flexibility index (Phi) is 4.05. The van der Waals surface area contributed by atoms with Crippen molar-refractivity contribution in [2.75, 3.05) is 19.6 Å². The van der Waals surface area contributed by atoms with E-state index >= 15 is 0 Å². The average molecular weight is 237 g/mol.